The lowest BCUT2D eigenvalue weighted by Crippen LogP contribution is -2.38. The number of carbonyl (C=O) groups excluding carboxylic acids is 1. The molecule has 0 fully saturated rings. The zero-order chi connectivity index (χ0) is 28.2. The molecule has 0 aliphatic heterocycles. The number of rotatable bonds is 11. The molecule has 3 aromatic carbocycles. The van der Waals surface area contributed by atoms with Gasteiger partial charge in [-0.3, -0.25) is 9.69 Å². The quantitative estimate of drug-likeness (QED) is 0.233. The van der Waals surface area contributed by atoms with E-state index in [9.17, 15) is 13.2 Å². The lowest BCUT2D eigenvalue weighted by Gasteiger charge is -2.25. The minimum absolute atomic E-state index is 0.151. The Kier molecular flexibility index (Phi) is 9.17. The van der Waals surface area contributed by atoms with Crippen LogP contribution in [0, 0.1) is 13.8 Å². The first kappa shape index (κ1) is 28.9. The normalized spacial score (nSPS) is 12.0. The highest BCUT2D eigenvalue weighted by Gasteiger charge is 2.25. The summed E-state index contributed by atoms with van der Waals surface area (Å²) in [5, 5.41) is 0.648. The lowest BCUT2D eigenvalue weighted by molar-refractivity contribution is 0.0983. The zero-order valence-electron chi connectivity index (χ0n) is 23.2. The molecule has 0 aliphatic carbocycles. The molecular formula is C30H36N4O3S2. The summed E-state index contributed by atoms with van der Waals surface area (Å²) >= 11 is 1.51. The number of likely N-dealkylation sites (N-methyl/N-ethyl adjacent to an activating group) is 1. The van der Waals surface area contributed by atoms with Gasteiger partial charge in [0.25, 0.3) is 5.91 Å². The van der Waals surface area contributed by atoms with E-state index in [2.05, 4.69) is 37.8 Å². The van der Waals surface area contributed by atoms with E-state index in [0.29, 0.717) is 23.8 Å². The van der Waals surface area contributed by atoms with Crippen LogP contribution in [0.3, 0.4) is 0 Å². The number of hydrogen-bond donors (Lipinski definition) is 0. The van der Waals surface area contributed by atoms with Gasteiger partial charge in [-0.1, -0.05) is 61.6 Å². The Bertz CT molecular complexity index is 1530. The second-order valence-electron chi connectivity index (χ2n) is 9.68. The van der Waals surface area contributed by atoms with Crippen molar-refractivity contribution in [2.75, 3.05) is 38.1 Å². The van der Waals surface area contributed by atoms with Crippen LogP contribution in [0.4, 0.5) is 5.13 Å². The molecule has 7 nitrogen and oxygen atoms in total. The van der Waals surface area contributed by atoms with Gasteiger partial charge in [-0.25, -0.2) is 13.4 Å². The van der Waals surface area contributed by atoms with E-state index in [-0.39, 0.29) is 17.3 Å². The van der Waals surface area contributed by atoms with Gasteiger partial charge in [0.15, 0.2) is 5.13 Å². The van der Waals surface area contributed by atoms with Crippen molar-refractivity contribution in [3.63, 3.8) is 0 Å². The number of nitrogens with zero attached hydrogens (tertiary/aromatic N) is 4. The molecule has 0 aliphatic rings. The molecule has 39 heavy (non-hydrogen) atoms. The fourth-order valence-electron chi connectivity index (χ4n) is 4.57. The molecular weight excluding hydrogens is 528 g/mol. The highest BCUT2D eigenvalue weighted by Crippen LogP contribution is 2.32. The van der Waals surface area contributed by atoms with Crippen LogP contribution in [0.5, 0.6) is 0 Å². The first-order chi connectivity index (χ1) is 18.6. The highest BCUT2D eigenvalue weighted by atomic mass is 32.2. The predicted molar refractivity (Wildman–Crippen MR) is 160 cm³/mol. The maximum Gasteiger partial charge on any atom is 0.260 e. The number of aromatic nitrogens is 1. The zero-order valence-corrected chi connectivity index (χ0v) is 24.8. The molecule has 0 radical (unpaired) electrons. The summed E-state index contributed by atoms with van der Waals surface area (Å²) in [6.07, 6.45) is 0. The molecule has 206 valence electrons. The second kappa shape index (κ2) is 12.4. The SMILES string of the molecule is CCN(CC)CCN(C(=O)c1ccc(S(=O)(=O)N(C)Cc2ccccc2)cc1)c1nc2c(C)cc(C)cc2s1. The number of amides is 1. The van der Waals surface area contributed by atoms with E-state index in [4.69, 9.17) is 4.98 Å². The Hall–Kier alpha value is -3.11. The standard InChI is InChI=1S/C30H36N4O3S2/c1-6-33(7-2)17-18-34(30-31-28-23(4)19-22(3)20-27(28)38-30)29(35)25-13-15-26(16-14-25)39(36,37)32(5)21-24-11-9-8-10-12-24/h8-16,19-20H,6-7,17-18,21H2,1-5H3. The lowest BCUT2D eigenvalue weighted by atomic mass is 10.1. The van der Waals surface area contributed by atoms with Gasteiger partial charge in [0.05, 0.1) is 15.1 Å². The van der Waals surface area contributed by atoms with E-state index in [1.54, 1.807) is 24.1 Å². The van der Waals surface area contributed by atoms with Gasteiger partial charge in [-0.2, -0.15) is 4.31 Å². The van der Waals surface area contributed by atoms with Crippen molar-refractivity contribution in [2.24, 2.45) is 0 Å². The largest absolute Gasteiger partial charge is 0.302 e. The van der Waals surface area contributed by atoms with Gasteiger partial charge in [-0.05, 0) is 74.0 Å². The average Bonchev–Trinajstić information content (AvgIpc) is 3.35. The maximum atomic E-state index is 13.8. The fraction of sp³-hybridized carbons (Fsp3) is 0.333. The highest BCUT2D eigenvalue weighted by molar-refractivity contribution is 7.89. The topological polar surface area (TPSA) is 73.8 Å². The van der Waals surface area contributed by atoms with E-state index < -0.39 is 10.0 Å². The molecule has 1 heterocycles. The van der Waals surface area contributed by atoms with Crippen molar-refractivity contribution < 1.29 is 13.2 Å². The summed E-state index contributed by atoms with van der Waals surface area (Å²) in [7, 11) is -2.15. The Morgan fingerprint density at radius 3 is 2.23 bits per heavy atom. The van der Waals surface area contributed by atoms with Gasteiger partial charge >= 0.3 is 0 Å². The molecule has 0 bridgehead atoms. The summed E-state index contributed by atoms with van der Waals surface area (Å²) in [5.41, 5.74) is 4.47. The van der Waals surface area contributed by atoms with E-state index >= 15 is 0 Å². The number of sulfonamides is 1. The van der Waals surface area contributed by atoms with Crippen LogP contribution in [0.25, 0.3) is 10.2 Å². The number of carbonyl (C=O) groups is 1. The number of fused-ring (bicyclic) bond motifs is 1. The third-order valence-electron chi connectivity index (χ3n) is 6.89. The van der Waals surface area contributed by atoms with Crippen LogP contribution in [0.15, 0.2) is 71.6 Å². The van der Waals surface area contributed by atoms with Crippen molar-refractivity contribution in [1.82, 2.24) is 14.2 Å². The number of benzene rings is 3. The van der Waals surface area contributed by atoms with Crippen molar-refractivity contribution in [2.45, 2.75) is 39.1 Å². The molecule has 0 saturated heterocycles. The smallest absolute Gasteiger partial charge is 0.260 e. The first-order valence-electron chi connectivity index (χ1n) is 13.2. The molecule has 9 heteroatoms. The third-order valence-corrected chi connectivity index (χ3v) is 9.73. The van der Waals surface area contributed by atoms with E-state index in [1.165, 1.54) is 27.8 Å². The molecule has 0 atom stereocenters. The molecule has 4 rings (SSSR count). The first-order valence-corrected chi connectivity index (χ1v) is 15.4. The van der Waals surface area contributed by atoms with Crippen molar-refractivity contribution in [3.8, 4) is 0 Å². The number of aryl methyl sites for hydroxylation is 2. The Balaban J connectivity index is 1.61. The fourth-order valence-corrected chi connectivity index (χ4v) is 6.90. The minimum Gasteiger partial charge on any atom is -0.302 e. The van der Waals surface area contributed by atoms with Crippen LogP contribution in [-0.2, 0) is 16.6 Å². The average molecular weight is 565 g/mol. The molecule has 4 aromatic rings. The Morgan fingerprint density at radius 2 is 1.59 bits per heavy atom. The molecule has 1 aromatic heterocycles. The predicted octanol–water partition coefficient (Wildman–Crippen LogP) is 5.72. The minimum atomic E-state index is -3.72. The second-order valence-corrected chi connectivity index (χ2v) is 12.7. The Labute approximate surface area is 235 Å². The van der Waals surface area contributed by atoms with Crippen LogP contribution in [0.2, 0.25) is 0 Å². The summed E-state index contributed by atoms with van der Waals surface area (Å²) in [6, 6.07) is 19.9. The molecule has 0 N–H and O–H groups in total. The van der Waals surface area contributed by atoms with Crippen molar-refractivity contribution >= 4 is 42.6 Å². The van der Waals surface area contributed by atoms with Crippen LogP contribution in [0.1, 0.15) is 40.9 Å². The van der Waals surface area contributed by atoms with Gasteiger partial charge in [0, 0.05) is 32.2 Å². The van der Waals surface area contributed by atoms with Gasteiger partial charge in [0.2, 0.25) is 10.0 Å². The molecule has 0 saturated carbocycles. The van der Waals surface area contributed by atoms with Gasteiger partial charge in [-0.15, -0.1) is 0 Å². The molecule has 0 spiro atoms. The van der Waals surface area contributed by atoms with Crippen molar-refractivity contribution in [3.05, 3.63) is 89.0 Å². The number of hydrogen-bond acceptors (Lipinski definition) is 6. The third kappa shape index (κ3) is 6.55. The van der Waals surface area contributed by atoms with Crippen LogP contribution < -0.4 is 4.90 Å². The number of thiazole rings is 1. The van der Waals surface area contributed by atoms with Crippen molar-refractivity contribution in [1.29, 1.82) is 0 Å². The van der Waals surface area contributed by atoms with Crippen LogP contribution >= 0.6 is 11.3 Å². The van der Waals surface area contributed by atoms with Gasteiger partial charge in [0.1, 0.15) is 0 Å². The van der Waals surface area contributed by atoms with Crippen LogP contribution in [-0.4, -0.2) is 61.7 Å². The molecule has 0 unspecified atom stereocenters. The maximum absolute atomic E-state index is 13.8. The Morgan fingerprint density at radius 1 is 0.923 bits per heavy atom. The summed E-state index contributed by atoms with van der Waals surface area (Å²) in [4.78, 5) is 22.8. The van der Waals surface area contributed by atoms with Gasteiger partial charge < -0.3 is 4.90 Å². The monoisotopic (exact) mass is 564 g/mol. The van der Waals surface area contributed by atoms with E-state index in [0.717, 1.165) is 40.0 Å². The summed E-state index contributed by atoms with van der Waals surface area (Å²) < 4.78 is 28.8. The summed E-state index contributed by atoms with van der Waals surface area (Å²) in [6.45, 7) is 11.5. The molecule has 1 amide bonds. The number of anilines is 1. The van der Waals surface area contributed by atoms with E-state index in [1.807, 2.05) is 37.3 Å². The summed E-state index contributed by atoms with van der Waals surface area (Å²) in [5.74, 6) is -0.197.